The van der Waals surface area contributed by atoms with Gasteiger partial charge in [0, 0.05) is 40.3 Å². The number of benzene rings is 2. The van der Waals surface area contributed by atoms with E-state index < -0.39 is 10.9 Å². The lowest BCUT2D eigenvalue weighted by atomic mass is 10.0. The van der Waals surface area contributed by atoms with Crippen molar-refractivity contribution in [2.24, 2.45) is 0 Å². The normalized spacial score (nSPS) is 14.4. The number of hydrogen-bond acceptors (Lipinski definition) is 7. The number of carbonyl (C=O) groups excluding carboxylic acids is 2. The van der Waals surface area contributed by atoms with Gasteiger partial charge in [-0.1, -0.05) is 43.3 Å². The van der Waals surface area contributed by atoms with Crippen molar-refractivity contribution in [3.8, 4) is 5.75 Å². The SMILES string of the molecule is CC[C@@H](Nc1c(Nc2cccc(C(=O)N3CCN(C(=O)N(C)C)CC3)c2O)c(=O)c1=O)c1ccccc1. The van der Waals surface area contributed by atoms with E-state index in [0.717, 1.165) is 5.56 Å². The third-order valence-corrected chi connectivity index (χ3v) is 6.59. The molecule has 0 aromatic heterocycles. The highest BCUT2D eigenvalue weighted by atomic mass is 16.3. The zero-order chi connectivity index (χ0) is 26.7. The third-order valence-electron chi connectivity index (χ3n) is 6.59. The lowest BCUT2D eigenvalue weighted by Crippen LogP contribution is -2.52. The van der Waals surface area contributed by atoms with Crippen molar-refractivity contribution in [2.75, 3.05) is 50.9 Å². The summed E-state index contributed by atoms with van der Waals surface area (Å²) in [5, 5.41) is 16.9. The van der Waals surface area contributed by atoms with Crippen LogP contribution in [0.3, 0.4) is 0 Å². The summed E-state index contributed by atoms with van der Waals surface area (Å²) < 4.78 is 0. The first kappa shape index (κ1) is 25.7. The van der Waals surface area contributed by atoms with E-state index >= 15 is 0 Å². The summed E-state index contributed by atoms with van der Waals surface area (Å²) >= 11 is 0. The highest BCUT2D eigenvalue weighted by molar-refractivity contribution is 5.99. The van der Waals surface area contributed by atoms with E-state index in [1.807, 2.05) is 37.3 Å². The van der Waals surface area contributed by atoms with Crippen LogP contribution in [0.5, 0.6) is 5.75 Å². The fourth-order valence-corrected chi connectivity index (χ4v) is 4.43. The van der Waals surface area contributed by atoms with E-state index in [0.29, 0.717) is 32.6 Å². The van der Waals surface area contributed by atoms with Gasteiger partial charge in [-0.3, -0.25) is 14.4 Å². The van der Waals surface area contributed by atoms with E-state index in [4.69, 9.17) is 0 Å². The van der Waals surface area contributed by atoms with Crippen LogP contribution in [0, 0.1) is 0 Å². The van der Waals surface area contributed by atoms with Crippen LogP contribution < -0.4 is 21.5 Å². The van der Waals surface area contributed by atoms with Crippen molar-refractivity contribution >= 4 is 29.0 Å². The van der Waals surface area contributed by atoms with Crippen LogP contribution in [-0.4, -0.2) is 72.0 Å². The van der Waals surface area contributed by atoms with Crippen LogP contribution in [-0.2, 0) is 0 Å². The predicted octanol–water partition coefficient (Wildman–Crippen LogP) is 2.73. The highest BCUT2D eigenvalue weighted by Gasteiger charge is 2.29. The lowest BCUT2D eigenvalue weighted by molar-refractivity contribution is 0.0647. The lowest BCUT2D eigenvalue weighted by Gasteiger charge is -2.36. The Balaban J connectivity index is 1.50. The van der Waals surface area contributed by atoms with E-state index in [2.05, 4.69) is 10.6 Å². The third kappa shape index (κ3) is 5.13. The first-order valence-corrected chi connectivity index (χ1v) is 12.2. The molecule has 0 aliphatic carbocycles. The Morgan fingerprint density at radius 1 is 0.919 bits per heavy atom. The van der Waals surface area contributed by atoms with Crippen molar-refractivity contribution in [2.45, 2.75) is 19.4 Å². The average Bonchev–Trinajstić information content (AvgIpc) is 2.93. The molecule has 1 heterocycles. The molecule has 0 saturated carbocycles. The van der Waals surface area contributed by atoms with Crippen LogP contribution in [0.15, 0.2) is 58.1 Å². The zero-order valence-electron chi connectivity index (χ0n) is 21.2. The van der Waals surface area contributed by atoms with Gasteiger partial charge in [0.1, 0.15) is 11.4 Å². The molecule has 37 heavy (non-hydrogen) atoms. The first-order chi connectivity index (χ1) is 17.7. The first-order valence-electron chi connectivity index (χ1n) is 12.2. The number of piperazine rings is 1. The van der Waals surface area contributed by atoms with Gasteiger partial charge in [0.05, 0.1) is 17.3 Å². The number of urea groups is 1. The van der Waals surface area contributed by atoms with Crippen LogP contribution in [0.2, 0.25) is 0 Å². The number of rotatable bonds is 7. The van der Waals surface area contributed by atoms with Crippen molar-refractivity contribution in [3.63, 3.8) is 0 Å². The summed E-state index contributed by atoms with van der Waals surface area (Å²) in [6.07, 6.45) is 0.685. The summed E-state index contributed by atoms with van der Waals surface area (Å²) in [6, 6.07) is 13.9. The second-order valence-corrected chi connectivity index (χ2v) is 9.21. The molecule has 1 saturated heterocycles. The molecule has 10 nitrogen and oxygen atoms in total. The largest absolute Gasteiger partial charge is 0.505 e. The van der Waals surface area contributed by atoms with Gasteiger partial charge in [-0.25, -0.2) is 4.79 Å². The Bertz CT molecular complexity index is 1360. The molecule has 3 N–H and O–H groups in total. The second-order valence-electron chi connectivity index (χ2n) is 9.21. The number of carbonyl (C=O) groups is 2. The molecule has 10 heteroatoms. The Labute approximate surface area is 214 Å². The molecule has 0 spiro atoms. The van der Waals surface area contributed by atoms with Gasteiger partial charge in [0.2, 0.25) is 0 Å². The highest BCUT2D eigenvalue weighted by Crippen LogP contribution is 2.33. The number of hydrogen-bond donors (Lipinski definition) is 3. The summed E-state index contributed by atoms with van der Waals surface area (Å²) in [5.41, 5.74) is 0.0777. The molecule has 1 aliphatic rings. The molecule has 0 bridgehead atoms. The number of phenols is 1. The zero-order valence-corrected chi connectivity index (χ0v) is 21.2. The Morgan fingerprint density at radius 3 is 2.16 bits per heavy atom. The van der Waals surface area contributed by atoms with E-state index in [1.165, 1.54) is 17.0 Å². The number of para-hydroxylation sites is 1. The Hall–Kier alpha value is -4.34. The van der Waals surface area contributed by atoms with Crippen molar-refractivity contribution < 1.29 is 14.7 Å². The predicted molar refractivity (Wildman–Crippen MR) is 142 cm³/mol. The monoisotopic (exact) mass is 505 g/mol. The quantitative estimate of drug-likeness (QED) is 0.333. The molecule has 3 amide bonds. The Morgan fingerprint density at radius 2 is 1.54 bits per heavy atom. The topological polar surface area (TPSA) is 122 Å². The molecule has 3 aromatic rings. The fourth-order valence-electron chi connectivity index (χ4n) is 4.43. The van der Waals surface area contributed by atoms with E-state index in [9.17, 15) is 24.3 Å². The Kier molecular flexibility index (Phi) is 7.47. The standard InChI is InChI=1S/C27H31N5O5/c1-4-19(17-9-6-5-7-10-17)28-21-22(25(35)24(21)34)29-20-12-8-11-18(23(20)33)26(36)31-13-15-32(16-14-31)27(37)30(2)3/h5-12,19,28-29,33H,4,13-16H2,1-3H3/t19-/m1/s1. The maximum atomic E-state index is 13.2. The van der Waals surface area contributed by atoms with Crippen LogP contribution >= 0.6 is 0 Å². The molecule has 194 valence electrons. The number of amides is 3. The molecule has 1 atom stereocenters. The number of nitrogens with one attached hydrogen (secondary N) is 2. The summed E-state index contributed by atoms with van der Waals surface area (Å²) in [5.74, 6) is -0.690. The van der Waals surface area contributed by atoms with E-state index in [1.54, 1.807) is 30.0 Å². The molecule has 0 radical (unpaired) electrons. The number of anilines is 3. The number of phenolic OH excluding ortho intramolecular Hbond substituents is 1. The van der Waals surface area contributed by atoms with Gasteiger partial charge in [-0.2, -0.15) is 0 Å². The maximum absolute atomic E-state index is 13.2. The molecular formula is C27H31N5O5. The van der Waals surface area contributed by atoms with E-state index in [-0.39, 0.29) is 46.4 Å². The molecule has 3 aromatic carbocycles. The summed E-state index contributed by atoms with van der Waals surface area (Å²) in [7, 11) is 3.36. The van der Waals surface area contributed by atoms with Gasteiger partial charge < -0.3 is 30.4 Å². The minimum absolute atomic E-state index is 0.0510. The maximum Gasteiger partial charge on any atom is 0.319 e. The van der Waals surface area contributed by atoms with Crippen molar-refractivity contribution in [3.05, 3.63) is 80.1 Å². The number of nitrogens with zero attached hydrogens (tertiary/aromatic N) is 3. The van der Waals surface area contributed by atoms with Crippen LogP contribution in [0.1, 0.15) is 35.3 Å². The van der Waals surface area contributed by atoms with Gasteiger partial charge in [0.25, 0.3) is 16.8 Å². The minimum atomic E-state index is -0.691. The van der Waals surface area contributed by atoms with Crippen molar-refractivity contribution in [1.29, 1.82) is 0 Å². The molecule has 1 aliphatic heterocycles. The molecule has 0 unspecified atom stereocenters. The van der Waals surface area contributed by atoms with Crippen LogP contribution in [0.4, 0.5) is 21.9 Å². The minimum Gasteiger partial charge on any atom is -0.505 e. The summed E-state index contributed by atoms with van der Waals surface area (Å²) in [6.45, 7) is 3.42. The van der Waals surface area contributed by atoms with Gasteiger partial charge >= 0.3 is 6.03 Å². The van der Waals surface area contributed by atoms with Crippen LogP contribution in [0.25, 0.3) is 0 Å². The second kappa shape index (κ2) is 10.7. The summed E-state index contributed by atoms with van der Waals surface area (Å²) in [4.78, 5) is 54.8. The molecule has 1 fully saturated rings. The van der Waals surface area contributed by atoms with Gasteiger partial charge in [-0.05, 0) is 24.1 Å². The average molecular weight is 506 g/mol. The molecular weight excluding hydrogens is 474 g/mol. The number of aromatic hydroxyl groups is 1. The molecule has 4 rings (SSSR count). The fraction of sp³-hybridized carbons (Fsp3) is 0.333. The smallest absolute Gasteiger partial charge is 0.319 e. The van der Waals surface area contributed by atoms with Gasteiger partial charge in [-0.15, -0.1) is 0 Å². The van der Waals surface area contributed by atoms with Crippen molar-refractivity contribution in [1.82, 2.24) is 14.7 Å². The van der Waals surface area contributed by atoms with Gasteiger partial charge in [0.15, 0.2) is 5.75 Å².